The van der Waals surface area contributed by atoms with Gasteiger partial charge >= 0.3 is 0 Å². The number of rotatable bonds is 8. The molecule has 0 spiro atoms. The van der Waals surface area contributed by atoms with Crippen LogP contribution in [0.2, 0.25) is 0 Å². The molecule has 0 aliphatic heterocycles. The highest BCUT2D eigenvalue weighted by Crippen LogP contribution is 2.23. The molecule has 0 heterocycles. The maximum atomic E-state index is 12.7. The van der Waals surface area contributed by atoms with Crippen LogP contribution in [0.4, 0.5) is 0 Å². The second-order valence-electron chi connectivity index (χ2n) is 6.97. The first-order chi connectivity index (χ1) is 13.4. The lowest BCUT2D eigenvalue weighted by atomic mass is 9.99. The van der Waals surface area contributed by atoms with Gasteiger partial charge in [-0.2, -0.15) is 0 Å². The smallest absolute Gasteiger partial charge is 0.246 e. The van der Waals surface area contributed by atoms with Gasteiger partial charge in [0.2, 0.25) is 5.91 Å². The van der Waals surface area contributed by atoms with E-state index in [2.05, 4.69) is 15.4 Å². The van der Waals surface area contributed by atoms with Gasteiger partial charge in [-0.05, 0) is 75.9 Å². The Hall–Kier alpha value is -1.93. The van der Waals surface area contributed by atoms with E-state index in [-0.39, 0.29) is 11.9 Å². The molecule has 1 aliphatic carbocycles. The van der Waals surface area contributed by atoms with Crippen molar-refractivity contribution in [3.8, 4) is 5.75 Å². The Bertz CT molecular complexity index is 763. The van der Waals surface area contributed by atoms with Crippen LogP contribution in [0.15, 0.2) is 34.7 Å². The molecule has 0 fully saturated rings. The highest BCUT2D eigenvalue weighted by atomic mass is 32.2. The molecule has 1 unspecified atom stereocenters. The number of amides is 1. The Kier molecular flexibility index (Phi) is 8.92. The fraction of sp³-hybridized carbons (Fsp3) is 0.500. The molecule has 6 nitrogen and oxygen atoms in total. The van der Waals surface area contributed by atoms with Crippen LogP contribution < -0.4 is 20.1 Å². The molecule has 1 aromatic rings. The molecule has 0 radical (unpaired) electrons. The molecule has 1 aliphatic rings. The first kappa shape index (κ1) is 22.4. The molecule has 0 aromatic heterocycles. The van der Waals surface area contributed by atoms with Crippen LogP contribution in [0.25, 0.3) is 0 Å². The highest BCUT2D eigenvalue weighted by molar-refractivity contribution is 7.87. The van der Waals surface area contributed by atoms with Gasteiger partial charge in [0.25, 0.3) is 0 Å². The van der Waals surface area contributed by atoms with Gasteiger partial charge in [0.15, 0.2) is 16.1 Å². The lowest BCUT2D eigenvalue weighted by molar-refractivity contribution is -0.117. The van der Waals surface area contributed by atoms with Crippen LogP contribution in [0.1, 0.15) is 45.1 Å². The number of allylic oxidation sites excluding steroid dienone is 1. The standard InChI is InChI=1S/C20H29N3O3S2/c1-14(2)22-20(27)23-28(25)18-13-15(9-10-17(18)26-3)11-12-21-19(24)16-7-5-4-6-8-16/h7,9-10,13-14H,4-6,8,11-12H2,1-3H3,(H,21,24)(H2,22,23,27). The molecule has 28 heavy (non-hydrogen) atoms. The Labute approximate surface area is 175 Å². The van der Waals surface area contributed by atoms with Crippen molar-refractivity contribution < 1.29 is 13.7 Å². The third-order valence-corrected chi connectivity index (χ3v) is 5.77. The maximum absolute atomic E-state index is 12.7. The number of thiocarbonyl (C=S) groups is 1. The van der Waals surface area contributed by atoms with Crippen molar-refractivity contribution in [2.75, 3.05) is 13.7 Å². The summed E-state index contributed by atoms with van der Waals surface area (Å²) in [6, 6.07) is 5.67. The van der Waals surface area contributed by atoms with Crippen LogP contribution in [0, 0.1) is 0 Å². The summed E-state index contributed by atoms with van der Waals surface area (Å²) in [4.78, 5) is 12.7. The van der Waals surface area contributed by atoms with Gasteiger partial charge in [-0.1, -0.05) is 12.1 Å². The number of ether oxygens (including phenoxy) is 1. The number of nitrogens with one attached hydrogen (secondary N) is 3. The van der Waals surface area contributed by atoms with Crippen molar-refractivity contribution in [3.63, 3.8) is 0 Å². The predicted octanol–water partition coefficient (Wildman–Crippen LogP) is 2.75. The summed E-state index contributed by atoms with van der Waals surface area (Å²) in [5, 5.41) is 6.31. The minimum absolute atomic E-state index is 0.0174. The van der Waals surface area contributed by atoms with Gasteiger partial charge in [-0.3, -0.25) is 9.52 Å². The fourth-order valence-electron chi connectivity index (χ4n) is 2.93. The molecule has 1 aromatic carbocycles. The third kappa shape index (κ3) is 6.91. The number of carbonyl (C=O) groups excluding carboxylic acids is 1. The summed E-state index contributed by atoms with van der Waals surface area (Å²) in [6.45, 7) is 4.43. The average Bonchev–Trinajstić information content (AvgIpc) is 2.67. The number of hydrogen-bond donors (Lipinski definition) is 3. The monoisotopic (exact) mass is 423 g/mol. The summed E-state index contributed by atoms with van der Waals surface area (Å²) in [5.41, 5.74) is 1.85. The molecule has 2 rings (SSSR count). The molecule has 1 amide bonds. The van der Waals surface area contributed by atoms with Gasteiger partial charge in [0, 0.05) is 18.2 Å². The van der Waals surface area contributed by atoms with Crippen LogP contribution in [0.3, 0.4) is 0 Å². The quantitative estimate of drug-likeness (QED) is 0.561. The largest absolute Gasteiger partial charge is 0.495 e. The van der Waals surface area contributed by atoms with Gasteiger partial charge in [0.05, 0.1) is 7.11 Å². The number of hydrogen-bond acceptors (Lipinski definition) is 4. The normalized spacial score (nSPS) is 14.8. The molecule has 0 saturated carbocycles. The van der Waals surface area contributed by atoms with Crippen LogP contribution in [-0.4, -0.2) is 34.9 Å². The van der Waals surface area contributed by atoms with Crippen LogP contribution in [0.5, 0.6) is 5.75 Å². The van der Waals surface area contributed by atoms with Gasteiger partial charge in [0.1, 0.15) is 10.6 Å². The number of benzene rings is 1. The van der Waals surface area contributed by atoms with E-state index in [1.54, 1.807) is 13.2 Å². The Morgan fingerprint density at radius 1 is 1.32 bits per heavy atom. The van der Waals surface area contributed by atoms with E-state index in [0.29, 0.717) is 28.7 Å². The molecular weight excluding hydrogens is 394 g/mol. The first-order valence-corrected chi connectivity index (χ1v) is 11.1. The first-order valence-electron chi connectivity index (χ1n) is 9.53. The molecule has 0 bridgehead atoms. The third-order valence-electron chi connectivity index (χ3n) is 4.31. The van der Waals surface area contributed by atoms with Gasteiger partial charge in [-0.15, -0.1) is 0 Å². The molecule has 8 heteroatoms. The average molecular weight is 424 g/mol. The number of methoxy groups -OCH3 is 1. The van der Waals surface area contributed by atoms with Crippen molar-refractivity contribution in [3.05, 3.63) is 35.4 Å². The van der Waals surface area contributed by atoms with E-state index in [9.17, 15) is 9.00 Å². The summed E-state index contributed by atoms with van der Waals surface area (Å²) >= 11 is 5.17. The van der Waals surface area contributed by atoms with E-state index in [0.717, 1.165) is 36.8 Å². The van der Waals surface area contributed by atoms with E-state index >= 15 is 0 Å². The highest BCUT2D eigenvalue weighted by Gasteiger charge is 2.15. The zero-order valence-electron chi connectivity index (χ0n) is 16.7. The van der Waals surface area contributed by atoms with Gasteiger partial charge < -0.3 is 15.4 Å². The molecule has 0 saturated heterocycles. The van der Waals surface area contributed by atoms with Crippen molar-refractivity contribution >= 4 is 34.2 Å². The lowest BCUT2D eigenvalue weighted by Crippen LogP contribution is -2.40. The number of carbonyl (C=O) groups is 1. The lowest BCUT2D eigenvalue weighted by Gasteiger charge is -2.15. The zero-order valence-corrected chi connectivity index (χ0v) is 18.3. The van der Waals surface area contributed by atoms with Crippen molar-refractivity contribution in [1.82, 2.24) is 15.4 Å². The van der Waals surface area contributed by atoms with Crippen molar-refractivity contribution in [1.29, 1.82) is 0 Å². The predicted molar refractivity (Wildman–Crippen MR) is 117 cm³/mol. The summed E-state index contributed by atoms with van der Waals surface area (Å²) in [7, 11) is -0.00478. The van der Waals surface area contributed by atoms with E-state index < -0.39 is 11.0 Å². The minimum atomic E-state index is -1.54. The Morgan fingerprint density at radius 2 is 2.11 bits per heavy atom. The summed E-state index contributed by atoms with van der Waals surface area (Å²) in [6.07, 6.45) is 6.75. The van der Waals surface area contributed by atoms with Crippen LogP contribution in [-0.2, 0) is 22.2 Å². The van der Waals surface area contributed by atoms with E-state index in [4.69, 9.17) is 17.0 Å². The topological polar surface area (TPSA) is 79.5 Å². The second-order valence-corrected chi connectivity index (χ2v) is 8.55. The molecule has 154 valence electrons. The fourth-order valence-corrected chi connectivity index (χ4v) is 4.32. The summed E-state index contributed by atoms with van der Waals surface area (Å²) < 4.78 is 20.8. The Morgan fingerprint density at radius 3 is 2.75 bits per heavy atom. The minimum Gasteiger partial charge on any atom is -0.495 e. The molecular formula is C20H29N3O3S2. The van der Waals surface area contributed by atoms with E-state index in [1.807, 2.05) is 32.1 Å². The van der Waals surface area contributed by atoms with Crippen molar-refractivity contribution in [2.45, 2.75) is 56.9 Å². The zero-order chi connectivity index (χ0) is 20.5. The summed E-state index contributed by atoms with van der Waals surface area (Å²) in [5.74, 6) is 0.544. The second kappa shape index (κ2) is 11.2. The maximum Gasteiger partial charge on any atom is 0.246 e. The molecule has 3 N–H and O–H groups in total. The molecule has 1 atom stereocenters. The van der Waals surface area contributed by atoms with Crippen LogP contribution >= 0.6 is 12.2 Å². The van der Waals surface area contributed by atoms with Gasteiger partial charge in [-0.25, -0.2) is 4.21 Å². The van der Waals surface area contributed by atoms with Crippen molar-refractivity contribution in [2.24, 2.45) is 0 Å². The SMILES string of the molecule is COc1ccc(CCNC(=O)C2=CCCCC2)cc1S(=O)NC(=S)NC(C)C. The van der Waals surface area contributed by atoms with E-state index in [1.165, 1.54) is 0 Å². The Balaban J connectivity index is 1.97.